The molecule has 0 aliphatic rings. The summed E-state index contributed by atoms with van der Waals surface area (Å²) in [5, 5.41) is 4.20. The summed E-state index contributed by atoms with van der Waals surface area (Å²) in [6, 6.07) is 13.7. The lowest BCUT2D eigenvalue weighted by atomic mass is 10.0. The zero-order valence-corrected chi connectivity index (χ0v) is 11.3. The number of carbonyl (C=O) groups excluding carboxylic acids is 1. The van der Waals surface area contributed by atoms with E-state index in [1.54, 1.807) is 29.3 Å². The molecule has 5 nitrogen and oxygen atoms in total. The fraction of sp³-hybridized carbons (Fsp3) is 0.0625. The first-order valence-electron chi connectivity index (χ1n) is 6.57. The largest absolute Gasteiger partial charge is 0.364 e. The van der Waals surface area contributed by atoms with E-state index in [2.05, 4.69) is 10.1 Å². The monoisotopic (exact) mass is 278 g/mol. The Bertz CT molecular complexity index is 751. The van der Waals surface area contributed by atoms with Crippen LogP contribution in [0.1, 0.15) is 21.6 Å². The van der Waals surface area contributed by atoms with Crippen LogP contribution in [0.15, 0.2) is 61.1 Å². The maximum atomic E-state index is 11.6. The van der Waals surface area contributed by atoms with Crippen molar-refractivity contribution < 1.29 is 4.79 Å². The number of benzene rings is 1. The number of aromatic nitrogens is 3. The zero-order chi connectivity index (χ0) is 14.7. The predicted molar refractivity (Wildman–Crippen MR) is 79.1 cm³/mol. The van der Waals surface area contributed by atoms with Gasteiger partial charge in [0.05, 0.1) is 5.69 Å². The number of nitrogens with two attached hydrogens (primary N) is 1. The third-order valence-corrected chi connectivity index (χ3v) is 3.21. The summed E-state index contributed by atoms with van der Waals surface area (Å²) < 4.78 is 1.63. The number of hydrogen-bond donors (Lipinski definition) is 1. The molecule has 1 amide bonds. The molecule has 0 saturated carbocycles. The number of amides is 1. The average molecular weight is 278 g/mol. The normalized spacial score (nSPS) is 10.5. The Morgan fingerprint density at radius 2 is 1.90 bits per heavy atom. The van der Waals surface area contributed by atoms with Crippen LogP contribution in [0.3, 0.4) is 0 Å². The predicted octanol–water partition coefficient (Wildman–Crippen LogP) is 1.96. The van der Waals surface area contributed by atoms with Gasteiger partial charge in [-0.1, -0.05) is 30.3 Å². The van der Waals surface area contributed by atoms with Crippen LogP contribution in [0.5, 0.6) is 0 Å². The van der Waals surface area contributed by atoms with Gasteiger partial charge < -0.3 is 5.73 Å². The SMILES string of the molecule is NC(=O)c1nccc(Cc2ccccc2)c1-n1cccn1. The molecule has 0 unspecified atom stereocenters. The second kappa shape index (κ2) is 5.58. The van der Waals surface area contributed by atoms with Gasteiger partial charge in [0.1, 0.15) is 0 Å². The van der Waals surface area contributed by atoms with Crippen LogP contribution in [-0.4, -0.2) is 20.7 Å². The molecule has 0 bridgehead atoms. The van der Waals surface area contributed by atoms with Crippen molar-refractivity contribution in [1.29, 1.82) is 0 Å². The summed E-state index contributed by atoms with van der Waals surface area (Å²) in [6.45, 7) is 0. The third-order valence-electron chi connectivity index (χ3n) is 3.21. The Labute approximate surface area is 122 Å². The lowest BCUT2D eigenvalue weighted by Gasteiger charge is -2.12. The van der Waals surface area contributed by atoms with Gasteiger partial charge in [0.2, 0.25) is 0 Å². The van der Waals surface area contributed by atoms with Crippen LogP contribution in [0, 0.1) is 0 Å². The molecule has 2 heterocycles. The highest BCUT2D eigenvalue weighted by atomic mass is 16.1. The minimum absolute atomic E-state index is 0.229. The molecule has 0 atom stereocenters. The summed E-state index contributed by atoms with van der Waals surface area (Å²) in [6.07, 6.45) is 5.71. The number of nitrogens with zero attached hydrogens (tertiary/aromatic N) is 3. The molecular formula is C16H14N4O. The first kappa shape index (κ1) is 13.1. The molecule has 1 aromatic carbocycles. The number of carbonyl (C=O) groups is 1. The van der Waals surface area contributed by atoms with Gasteiger partial charge in [0, 0.05) is 18.6 Å². The van der Waals surface area contributed by atoms with Crippen LogP contribution in [-0.2, 0) is 6.42 Å². The maximum Gasteiger partial charge on any atom is 0.269 e. The molecule has 0 aliphatic heterocycles. The minimum Gasteiger partial charge on any atom is -0.364 e. The lowest BCUT2D eigenvalue weighted by molar-refractivity contribution is 0.0995. The summed E-state index contributed by atoms with van der Waals surface area (Å²) in [5.41, 5.74) is 8.41. The fourth-order valence-corrected chi connectivity index (χ4v) is 2.29. The van der Waals surface area contributed by atoms with Crippen molar-refractivity contribution in [3.05, 3.63) is 77.9 Å². The number of rotatable bonds is 4. The van der Waals surface area contributed by atoms with Gasteiger partial charge in [-0.15, -0.1) is 0 Å². The number of pyridine rings is 1. The van der Waals surface area contributed by atoms with Crippen molar-refractivity contribution in [2.45, 2.75) is 6.42 Å². The Balaban J connectivity index is 2.12. The first-order chi connectivity index (χ1) is 10.3. The van der Waals surface area contributed by atoms with E-state index in [0.717, 1.165) is 11.1 Å². The Morgan fingerprint density at radius 3 is 2.57 bits per heavy atom. The molecule has 0 radical (unpaired) electrons. The van der Waals surface area contributed by atoms with E-state index < -0.39 is 5.91 Å². The summed E-state index contributed by atoms with van der Waals surface area (Å²) in [4.78, 5) is 15.7. The number of primary amides is 1. The highest BCUT2D eigenvalue weighted by Crippen LogP contribution is 2.20. The van der Waals surface area contributed by atoms with E-state index >= 15 is 0 Å². The van der Waals surface area contributed by atoms with Crippen LogP contribution in [0.2, 0.25) is 0 Å². The van der Waals surface area contributed by atoms with Crippen LogP contribution < -0.4 is 5.73 Å². The summed E-state index contributed by atoms with van der Waals surface area (Å²) in [7, 11) is 0. The molecule has 2 aromatic heterocycles. The van der Waals surface area contributed by atoms with Gasteiger partial charge in [0.25, 0.3) is 5.91 Å². The van der Waals surface area contributed by atoms with Crippen molar-refractivity contribution in [1.82, 2.24) is 14.8 Å². The van der Waals surface area contributed by atoms with E-state index in [9.17, 15) is 4.79 Å². The van der Waals surface area contributed by atoms with Gasteiger partial charge in [-0.25, -0.2) is 9.67 Å². The van der Waals surface area contributed by atoms with Gasteiger partial charge >= 0.3 is 0 Å². The van der Waals surface area contributed by atoms with E-state index in [0.29, 0.717) is 12.1 Å². The quantitative estimate of drug-likeness (QED) is 0.792. The topological polar surface area (TPSA) is 73.8 Å². The average Bonchev–Trinajstić information content (AvgIpc) is 3.02. The zero-order valence-electron chi connectivity index (χ0n) is 11.3. The summed E-state index contributed by atoms with van der Waals surface area (Å²) >= 11 is 0. The molecule has 3 rings (SSSR count). The van der Waals surface area contributed by atoms with Crippen LogP contribution in [0.4, 0.5) is 0 Å². The molecule has 0 fully saturated rings. The maximum absolute atomic E-state index is 11.6. The Kier molecular flexibility index (Phi) is 3.47. The molecule has 5 heteroatoms. The molecule has 3 aromatic rings. The van der Waals surface area contributed by atoms with Crippen LogP contribution in [0.25, 0.3) is 5.69 Å². The molecule has 104 valence electrons. The van der Waals surface area contributed by atoms with Crippen molar-refractivity contribution in [2.75, 3.05) is 0 Å². The van der Waals surface area contributed by atoms with Gasteiger partial charge in [-0.2, -0.15) is 5.10 Å². The molecule has 21 heavy (non-hydrogen) atoms. The van der Waals surface area contributed by atoms with Gasteiger partial charge in [0.15, 0.2) is 5.69 Å². The van der Waals surface area contributed by atoms with Gasteiger partial charge in [-0.05, 0) is 29.7 Å². The van der Waals surface area contributed by atoms with Crippen molar-refractivity contribution >= 4 is 5.91 Å². The van der Waals surface area contributed by atoms with Gasteiger partial charge in [-0.3, -0.25) is 4.79 Å². The third kappa shape index (κ3) is 2.67. The summed E-state index contributed by atoms with van der Waals surface area (Å²) in [5.74, 6) is -0.560. The minimum atomic E-state index is -0.560. The number of hydrogen-bond acceptors (Lipinski definition) is 3. The highest BCUT2D eigenvalue weighted by molar-refractivity contribution is 5.95. The lowest BCUT2D eigenvalue weighted by Crippen LogP contribution is -2.18. The molecule has 0 spiro atoms. The second-order valence-corrected chi connectivity index (χ2v) is 4.64. The van der Waals surface area contributed by atoms with E-state index in [1.807, 2.05) is 36.4 Å². The molecule has 0 saturated heterocycles. The van der Waals surface area contributed by atoms with Crippen molar-refractivity contribution in [3.63, 3.8) is 0 Å². The van der Waals surface area contributed by atoms with Crippen molar-refractivity contribution in [3.8, 4) is 5.69 Å². The van der Waals surface area contributed by atoms with E-state index in [1.165, 1.54) is 0 Å². The van der Waals surface area contributed by atoms with E-state index in [4.69, 9.17) is 5.73 Å². The standard InChI is InChI=1S/C16H14N4O/c17-16(21)14-15(20-10-4-8-19-20)13(7-9-18-14)11-12-5-2-1-3-6-12/h1-10H,11H2,(H2,17,21). The van der Waals surface area contributed by atoms with Crippen LogP contribution >= 0.6 is 0 Å². The Morgan fingerprint density at radius 1 is 1.10 bits per heavy atom. The second-order valence-electron chi connectivity index (χ2n) is 4.64. The smallest absolute Gasteiger partial charge is 0.269 e. The first-order valence-corrected chi connectivity index (χ1v) is 6.57. The molecular weight excluding hydrogens is 264 g/mol. The fourth-order valence-electron chi connectivity index (χ4n) is 2.29. The van der Waals surface area contributed by atoms with Crippen molar-refractivity contribution in [2.24, 2.45) is 5.73 Å². The van der Waals surface area contributed by atoms with E-state index in [-0.39, 0.29) is 5.69 Å². The highest BCUT2D eigenvalue weighted by Gasteiger charge is 2.16. The Hall–Kier alpha value is -2.95. The molecule has 2 N–H and O–H groups in total. The molecule has 0 aliphatic carbocycles.